The van der Waals surface area contributed by atoms with E-state index in [1.54, 1.807) is 48.5 Å². The summed E-state index contributed by atoms with van der Waals surface area (Å²) in [6, 6.07) is 6.04. The average molecular weight is 636 g/mol. The third-order valence-corrected chi connectivity index (χ3v) is 6.32. The average Bonchev–Trinajstić information content (AvgIpc) is 2.94. The highest BCUT2D eigenvalue weighted by atomic mass is 16.6. The standard InChI is InChI=1S/C31H49N5O9/c1-19(2)24(27(40)33-17-23(37)38)36-28(41)25(20(3)4)35-26(39)22(34-30(43)45-31(5,6)7)15-11-12-16-32-29(42)44-18-21-13-9-8-10-14-21/h8-10,13-14,19-20,22,24-25H,11-12,15-18H2,1-7H3,(H,32,42)(H,33,40)(H,34,43)(H,35,39)(H,36,41)(H,37,38)/t22-,24-,25+/m1/s1. The number of hydrogen-bond donors (Lipinski definition) is 6. The number of carbonyl (C=O) groups is 6. The molecule has 3 atom stereocenters. The molecule has 14 nitrogen and oxygen atoms in total. The second kappa shape index (κ2) is 19.1. The first kappa shape index (κ1) is 38.7. The minimum atomic E-state index is -1.23. The number of hydrogen-bond acceptors (Lipinski definition) is 8. The summed E-state index contributed by atoms with van der Waals surface area (Å²) in [6.07, 6.45) is -0.335. The van der Waals surface area contributed by atoms with Crippen LogP contribution in [0.3, 0.4) is 0 Å². The summed E-state index contributed by atoms with van der Waals surface area (Å²) in [4.78, 5) is 74.6. The number of aliphatic carboxylic acids is 1. The number of alkyl carbamates (subject to hydrolysis) is 2. The van der Waals surface area contributed by atoms with E-state index in [0.29, 0.717) is 12.8 Å². The number of benzene rings is 1. The van der Waals surface area contributed by atoms with Crippen LogP contribution in [0.15, 0.2) is 30.3 Å². The Kier molecular flexibility index (Phi) is 16.4. The van der Waals surface area contributed by atoms with E-state index in [9.17, 15) is 28.8 Å². The fourth-order valence-corrected chi connectivity index (χ4v) is 4.00. The molecule has 1 aromatic carbocycles. The van der Waals surface area contributed by atoms with Gasteiger partial charge in [-0.25, -0.2) is 9.59 Å². The van der Waals surface area contributed by atoms with Gasteiger partial charge in [-0.1, -0.05) is 58.0 Å². The van der Waals surface area contributed by atoms with Crippen molar-refractivity contribution in [2.45, 2.75) is 98.1 Å². The molecule has 5 amide bonds. The van der Waals surface area contributed by atoms with Gasteiger partial charge >= 0.3 is 18.2 Å². The maximum Gasteiger partial charge on any atom is 0.408 e. The second-order valence-corrected chi connectivity index (χ2v) is 12.3. The molecule has 0 saturated heterocycles. The summed E-state index contributed by atoms with van der Waals surface area (Å²) < 4.78 is 10.5. The predicted octanol–water partition coefficient (Wildman–Crippen LogP) is 2.46. The fourth-order valence-electron chi connectivity index (χ4n) is 4.00. The Morgan fingerprint density at radius 3 is 1.89 bits per heavy atom. The molecule has 0 unspecified atom stereocenters. The topological polar surface area (TPSA) is 201 Å². The monoisotopic (exact) mass is 635 g/mol. The Hall–Kier alpha value is -4.36. The van der Waals surface area contributed by atoms with Crippen molar-refractivity contribution in [2.75, 3.05) is 13.1 Å². The van der Waals surface area contributed by atoms with Crippen LogP contribution < -0.4 is 26.6 Å². The first-order valence-electron chi connectivity index (χ1n) is 15.0. The van der Waals surface area contributed by atoms with Gasteiger partial charge in [-0.15, -0.1) is 0 Å². The van der Waals surface area contributed by atoms with Crippen LogP contribution >= 0.6 is 0 Å². The highest BCUT2D eigenvalue weighted by Crippen LogP contribution is 2.11. The molecule has 0 aliphatic rings. The highest BCUT2D eigenvalue weighted by molar-refractivity contribution is 5.94. The van der Waals surface area contributed by atoms with E-state index in [1.807, 2.05) is 30.3 Å². The number of ether oxygens (including phenoxy) is 2. The Bertz CT molecular complexity index is 1140. The van der Waals surface area contributed by atoms with E-state index in [-0.39, 0.29) is 25.5 Å². The smallest absolute Gasteiger partial charge is 0.408 e. The van der Waals surface area contributed by atoms with Crippen LogP contribution in [0.25, 0.3) is 0 Å². The van der Waals surface area contributed by atoms with E-state index in [4.69, 9.17) is 14.6 Å². The zero-order valence-corrected chi connectivity index (χ0v) is 27.2. The van der Waals surface area contributed by atoms with Crippen LogP contribution in [0.5, 0.6) is 0 Å². The Balaban J connectivity index is 2.84. The van der Waals surface area contributed by atoms with Crippen molar-refractivity contribution in [3.63, 3.8) is 0 Å². The van der Waals surface area contributed by atoms with Crippen LogP contribution in [0.1, 0.15) is 73.3 Å². The number of rotatable bonds is 17. The molecule has 0 heterocycles. The number of unbranched alkanes of at least 4 members (excludes halogenated alkanes) is 1. The maximum atomic E-state index is 13.4. The molecule has 0 radical (unpaired) electrons. The lowest BCUT2D eigenvalue weighted by Crippen LogP contribution is -2.59. The summed E-state index contributed by atoms with van der Waals surface area (Å²) in [5, 5.41) is 21.6. The second-order valence-electron chi connectivity index (χ2n) is 12.3. The Morgan fingerprint density at radius 1 is 0.756 bits per heavy atom. The maximum absolute atomic E-state index is 13.4. The zero-order chi connectivity index (χ0) is 34.2. The first-order valence-corrected chi connectivity index (χ1v) is 15.0. The Morgan fingerprint density at radius 2 is 1.33 bits per heavy atom. The van der Waals surface area contributed by atoms with Gasteiger partial charge in [-0.2, -0.15) is 0 Å². The molecule has 0 aromatic heterocycles. The SMILES string of the molecule is CC(C)[C@H](NC(=O)[C@@H](CCCCNC(=O)OCc1ccccc1)NC(=O)OC(C)(C)C)C(=O)N[C@@H](C(=O)NCC(=O)O)C(C)C. The van der Waals surface area contributed by atoms with Gasteiger partial charge < -0.3 is 41.2 Å². The predicted molar refractivity (Wildman–Crippen MR) is 166 cm³/mol. The lowest BCUT2D eigenvalue weighted by atomic mass is 9.99. The van der Waals surface area contributed by atoms with Crippen molar-refractivity contribution >= 4 is 35.9 Å². The lowest BCUT2D eigenvalue weighted by Gasteiger charge is -2.29. The number of carboxylic acids is 1. The lowest BCUT2D eigenvalue weighted by molar-refractivity contribution is -0.139. The zero-order valence-electron chi connectivity index (χ0n) is 27.2. The molecule has 6 N–H and O–H groups in total. The third-order valence-electron chi connectivity index (χ3n) is 6.32. The summed E-state index contributed by atoms with van der Waals surface area (Å²) in [6.45, 7) is 11.6. The quantitative estimate of drug-likeness (QED) is 0.139. The molecule has 0 saturated carbocycles. The van der Waals surface area contributed by atoms with Crippen molar-refractivity contribution in [1.29, 1.82) is 0 Å². The van der Waals surface area contributed by atoms with Crippen molar-refractivity contribution in [2.24, 2.45) is 11.8 Å². The van der Waals surface area contributed by atoms with Gasteiger partial charge in [-0.05, 0) is 57.4 Å². The molecular formula is C31H49N5O9. The van der Waals surface area contributed by atoms with Crippen LogP contribution in [-0.4, -0.2) is 77.8 Å². The van der Waals surface area contributed by atoms with Gasteiger partial charge in [0.1, 0.15) is 36.9 Å². The number of carboxylic acid groups (broad SMARTS) is 1. The minimum absolute atomic E-state index is 0.129. The largest absolute Gasteiger partial charge is 0.480 e. The normalized spacial score (nSPS) is 13.2. The molecule has 1 aromatic rings. The summed E-state index contributed by atoms with van der Waals surface area (Å²) in [5.74, 6) is -3.96. The van der Waals surface area contributed by atoms with Gasteiger partial charge in [0.25, 0.3) is 0 Å². The molecule has 0 aliphatic heterocycles. The van der Waals surface area contributed by atoms with E-state index in [1.165, 1.54) is 0 Å². The van der Waals surface area contributed by atoms with E-state index < -0.39 is 72.1 Å². The third kappa shape index (κ3) is 16.3. The molecule has 0 spiro atoms. The number of carbonyl (C=O) groups excluding carboxylic acids is 5. The Labute approximate surface area is 264 Å². The van der Waals surface area contributed by atoms with Crippen LogP contribution in [0.2, 0.25) is 0 Å². The number of amides is 5. The minimum Gasteiger partial charge on any atom is -0.480 e. The van der Waals surface area contributed by atoms with Gasteiger partial charge in [-0.3, -0.25) is 19.2 Å². The molecule has 0 aliphatic carbocycles. The summed E-state index contributed by atoms with van der Waals surface area (Å²) in [7, 11) is 0. The van der Waals surface area contributed by atoms with Crippen molar-refractivity contribution in [1.82, 2.24) is 26.6 Å². The number of nitrogens with one attached hydrogen (secondary N) is 5. The molecule has 0 bridgehead atoms. The van der Waals surface area contributed by atoms with Gasteiger partial charge in [0.05, 0.1) is 0 Å². The van der Waals surface area contributed by atoms with E-state index in [2.05, 4.69) is 26.6 Å². The van der Waals surface area contributed by atoms with Crippen LogP contribution in [0.4, 0.5) is 9.59 Å². The first-order chi connectivity index (χ1) is 21.0. The summed E-state index contributed by atoms with van der Waals surface area (Å²) in [5.41, 5.74) is 0.0343. The molecule has 14 heteroatoms. The molecule has 252 valence electrons. The van der Waals surface area contributed by atoms with Gasteiger partial charge in [0, 0.05) is 6.54 Å². The molecule has 45 heavy (non-hydrogen) atoms. The van der Waals surface area contributed by atoms with Gasteiger partial charge in [0.2, 0.25) is 17.7 Å². The van der Waals surface area contributed by atoms with Crippen molar-refractivity contribution in [3.8, 4) is 0 Å². The van der Waals surface area contributed by atoms with Gasteiger partial charge in [0.15, 0.2) is 0 Å². The van der Waals surface area contributed by atoms with E-state index in [0.717, 1.165) is 5.56 Å². The van der Waals surface area contributed by atoms with Crippen LogP contribution in [-0.2, 0) is 35.3 Å². The fraction of sp³-hybridized carbons (Fsp3) is 0.613. The van der Waals surface area contributed by atoms with Crippen molar-refractivity contribution < 1.29 is 43.3 Å². The van der Waals surface area contributed by atoms with E-state index >= 15 is 0 Å². The highest BCUT2D eigenvalue weighted by Gasteiger charge is 2.33. The summed E-state index contributed by atoms with van der Waals surface area (Å²) >= 11 is 0. The molecule has 1 rings (SSSR count). The van der Waals surface area contributed by atoms with Crippen LogP contribution in [0, 0.1) is 11.8 Å². The van der Waals surface area contributed by atoms with Crippen molar-refractivity contribution in [3.05, 3.63) is 35.9 Å². The molecular weight excluding hydrogens is 586 g/mol. The molecule has 0 fully saturated rings.